The summed E-state index contributed by atoms with van der Waals surface area (Å²) < 4.78 is 1.27. The van der Waals surface area contributed by atoms with E-state index in [0.717, 1.165) is 0 Å². The predicted molar refractivity (Wildman–Crippen MR) is 94.0 cm³/mol. The van der Waals surface area contributed by atoms with E-state index in [0.29, 0.717) is 10.7 Å². The zero-order valence-corrected chi connectivity index (χ0v) is 14.2. The maximum atomic E-state index is 12.3. The number of nitrogens with one attached hydrogen (secondary N) is 2. The van der Waals surface area contributed by atoms with E-state index in [9.17, 15) is 9.59 Å². The Balaban J connectivity index is 1.86. The number of halogens is 3. The number of benzene rings is 1. The summed E-state index contributed by atoms with van der Waals surface area (Å²) in [5, 5.41) is 0.807. The number of amides is 1. The van der Waals surface area contributed by atoms with Crippen LogP contribution in [-0.4, -0.2) is 15.3 Å². The number of aromatic nitrogens is 2. The Kier molecular flexibility index (Phi) is 4.62. The number of anilines is 1. The third-order valence-corrected chi connectivity index (χ3v) is 3.98. The lowest BCUT2D eigenvalue weighted by Gasteiger charge is -2.12. The van der Waals surface area contributed by atoms with Gasteiger partial charge in [0.2, 0.25) is 0 Å². The summed E-state index contributed by atoms with van der Waals surface area (Å²) in [7, 11) is 0. The molecule has 2 heterocycles. The first-order chi connectivity index (χ1) is 11.5. The second-order valence-electron chi connectivity index (χ2n) is 4.73. The fourth-order valence-electron chi connectivity index (χ4n) is 2.03. The van der Waals surface area contributed by atoms with Gasteiger partial charge in [-0.05, 0) is 24.3 Å². The van der Waals surface area contributed by atoms with E-state index in [1.807, 2.05) is 0 Å². The van der Waals surface area contributed by atoms with Crippen LogP contribution in [0.5, 0.6) is 0 Å². The van der Waals surface area contributed by atoms with E-state index >= 15 is 0 Å². The molecule has 0 atom stereocenters. The smallest absolute Gasteiger partial charge is 0.276 e. The molecular weight excluding hydrogens is 375 g/mol. The first-order valence-electron chi connectivity index (χ1n) is 6.64. The van der Waals surface area contributed by atoms with Crippen molar-refractivity contribution in [3.63, 3.8) is 0 Å². The third-order valence-electron chi connectivity index (χ3n) is 3.17. The predicted octanol–water partition coefficient (Wildman–Crippen LogP) is 3.41. The van der Waals surface area contributed by atoms with Gasteiger partial charge in [0.05, 0.1) is 15.7 Å². The SMILES string of the molecule is O=C(NNc1c(Cl)cc(Cl)cc1Cl)c1cnc2ccccn2c1=O. The Bertz CT molecular complexity index is 980. The highest BCUT2D eigenvalue weighted by Gasteiger charge is 2.14. The summed E-state index contributed by atoms with van der Waals surface area (Å²) in [6.45, 7) is 0. The van der Waals surface area contributed by atoms with Crippen LogP contribution in [-0.2, 0) is 0 Å². The maximum Gasteiger partial charge on any atom is 0.276 e. The number of hydrogen-bond donors (Lipinski definition) is 2. The summed E-state index contributed by atoms with van der Waals surface area (Å²) in [5.74, 6) is -0.673. The molecule has 6 nitrogen and oxygen atoms in total. The second-order valence-corrected chi connectivity index (χ2v) is 5.98. The Morgan fingerprint density at radius 2 is 1.83 bits per heavy atom. The van der Waals surface area contributed by atoms with Gasteiger partial charge >= 0.3 is 0 Å². The zero-order chi connectivity index (χ0) is 17.3. The van der Waals surface area contributed by atoms with Crippen LogP contribution in [0.1, 0.15) is 10.4 Å². The van der Waals surface area contributed by atoms with Gasteiger partial charge < -0.3 is 0 Å². The van der Waals surface area contributed by atoms with Crippen molar-refractivity contribution >= 4 is 52.0 Å². The van der Waals surface area contributed by atoms with Crippen LogP contribution < -0.4 is 16.4 Å². The molecule has 9 heteroatoms. The summed E-state index contributed by atoms with van der Waals surface area (Å²) in [6.07, 6.45) is 2.74. The van der Waals surface area contributed by atoms with Gasteiger partial charge in [-0.1, -0.05) is 40.9 Å². The Hall–Kier alpha value is -2.28. The third kappa shape index (κ3) is 3.17. The quantitative estimate of drug-likeness (QED) is 0.680. The number of pyridine rings is 1. The lowest BCUT2D eigenvalue weighted by molar-refractivity contribution is 0.0960. The van der Waals surface area contributed by atoms with Crippen molar-refractivity contribution in [2.45, 2.75) is 0 Å². The highest BCUT2D eigenvalue weighted by atomic mass is 35.5. The van der Waals surface area contributed by atoms with Crippen molar-refractivity contribution in [1.29, 1.82) is 0 Å². The minimum atomic E-state index is -0.673. The number of carbonyl (C=O) groups excluding carboxylic acids is 1. The van der Waals surface area contributed by atoms with Gasteiger partial charge in [-0.15, -0.1) is 0 Å². The van der Waals surface area contributed by atoms with E-state index in [-0.39, 0.29) is 21.3 Å². The second kappa shape index (κ2) is 6.68. The average Bonchev–Trinajstić information content (AvgIpc) is 2.54. The molecule has 0 saturated carbocycles. The highest BCUT2D eigenvalue weighted by molar-refractivity contribution is 6.41. The van der Waals surface area contributed by atoms with Crippen molar-refractivity contribution in [2.75, 3.05) is 5.43 Å². The Morgan fingerprint density at radius 1 is 1.12 bits per heavy atom. The molecule has 2 aromatic heterocycles. The lowest BCUT2D eigenvalue weighted by atomic mass is 10.3. The minimum Gasteiger partial charge on any atom is -0.295 e. The molecule has 3 aromatic rings. The van der Waals surface area contributed by atoms with Crippen LogP contribution >= 0.6 is 34.8 Å². The van der Waals surface area contributed by atoms with Gasteiger partial charge in [0.25, 0.3) is 11.5 Å². The number of hydrogen-bond acceptors (Lipinski definition) is 4. The first-order valence-corrected chi connectivity index (χ1v) is 7.78. The molecule has 0 radical (unpaired) electrons. The van der Waals surface area contributed by atoms with Crippen molar-refractivity contribution in [2.24, 2.45) is 0 Å². The van der Waals surface area contributed by atoms with E-state index in [1.54, 1.807) is 18.2 Å². The standard InChI is InChI=1S/C15H9Cl3N4O2/c16-8-5-10(17)13(11(18)6-8)20-21-14(23)9-7-19-12-3-1-2-4-22(12)15(9)24/h1-7,20H,(H,21,23). The summed E-state index contributed by atoms with van der Waals surface area (Å²) in [5.41, 5.74) is 5.04. The largest absolute Gasteiger partial charge is 0.295 e. The molecule has 24 heavy (non-hydrogen) atoms. The molecule has 0 spiro atoms. The van der Waals surface area contributed by atoms with Gasteiger partial charge in [0.15, 0.2) is 0 Å². The monoisotopic (exact) mass is 382 g/mol. The molecule has 1 amide bonds. The molecule has 1 aromatic carbocycles. The molecule has 0 aliphatic carbocycles. The number of nitrogens with zero attached hydrogens (tertiary/aromatic N) is 2. The molecule has 3 rings (SSSR count). The minimum absolute atomic E-state index is 0.132. The highest BCUT2D eigenvalue weighted by Crippen LogP contribution is 2.33. The molecule has 0 saturated heterocycles. The van der Waals surface area contributed by atoms with Crippen LogP contribution in [0, 0.1) is 0 Å². The van der Waals surface area contributed by atoms with Crippen molar-refractivity contribution in [3.8, 4) is 0 Å². The molecule has 0 bridgehead atoms. The van der Waals surface area contributed by atoms with Crippen LogP contribution in [0.15, 0.2) is 47.5 Å². The molecule has 2 N–H and O–H groups in total. The van der Waals surface area contributed by atoms with Gasteiger partial charge in [0.1, 0.15) is 11.2 Å². The van der Waals surface area contributed by atoms with E-state index < -0.39 is 11.5 Å². The molecular formula is C15H9Cl3N4O2. The van der Waals surface area contributed by atoms with Gasteiger partial charge in [0, 0.05) is 17.4 Å². The summed E-state index contributed by atoms with van der Waals surface area (Å²) >= 11 is 17.8. The van der Waals surface area contributed by atoms with E-state index in [2.05, 4.69) is 15.8 Å². The molecule has 0 aliphatic heterocycles. The summed E-state index contributed by atoms with van der Waals surface area (Å²) in [6, 6.07) is 8.01. The average molecular weight is 384 g/mol. The van der Waals surface area contributed by atoms with Crippen LogP contribution in [0.2, 0.25) is 15.1 Å². The fourth-order valence-corrected chi connectivity index (χ4v) is 2.94. The van der Waals surface area contributed by atoms with Crippen LogP contribution in [0.4, 0.5) is 5.69 Å². The molecule has 122 valence electrons. The van der Waals surface area contributed by atoms with Gasteiger partial charge in [-0.25, -0.2) is 4.98 Å². The number of rotatable bonds is 3. The van der Waals surface area contributed by atoms with Crippen molar-refractivity contribution in [3.05, 3.63) is 73.7 Å². The van der Waals surface area contributed by atoms with Crippen LogP contribution in [0.25, 0.3) is 5.65 Å². The van der Waals surface area contributed by atoms with E-state index in [4.69, 9.17) is 34.8 Å². The lowest BCUT2D eigenvalue weighted by Crippen LogP contribution is -2.35. The van der Waals surface area contributed by atoms with Gasteiger partial charge in [-0.3, -0.25) is 24.8 Å². The topological polar surface area (TPSA) is 75.5 Å². The first kappa shape index (κ1) is 16.6. The Labute approximate surface area is 151 Å². The van der Waals surface area contributed by atoms with Crippen molar-refractivity contribution in [1.82, 2.24) is 14.8 Å². The van der Waals surface area contributed by atoms with E-state index in [1.165, 1.54) is 28.9 Å². The van der Waals surface area contributed by atoms with Crippen molar-refractivity contribution < 1.29 is 4.79 Å². The number of fused-ring (bicyclic) bond motifs is 1. The molecule has 0 unspecified atom stereocenters. The Morgan fingerprint density at radius 3 is 2.54 bits per heavy atom. The normalized spacial score (nSPS) is 10.6. The number of hydrazine groups is 1. The summed E-state index contributed by atoms with van der Waals surface area (Å²) in [4.78, 5) is 28.6. The fraction of sp³-hybridized carbons (Fsp3) is 0. The molecule has 0 fully saturated rings. The van der Waals surface area contributed by atoms with Crippen LogP contribution in [0.3, 0.4) is 0 Å². The van der Waals surface area contributed by atoms with Gasteiger partial charge in [-0.2, -0.15) is 0 Å². The zero-order valence-electron chi connectivity index (χ0n) is 11.9. The maximum absolute atomic E-state index is 12.3. The number of carbonyl (C=O) groups is 1. The molecule has 0 aliphatic rings.